The molecule has 0 spiro atoms. The van der Waals surface area contributed by atoms with E-state index in [2.05, 4.69) is 20.4 Å². The maximum Gasteiger partial charge on any atom is 0.276 e. The highest BCUT2D eigenvalue weighted by Gasteiger charge is 2.21. The van der Waals surface area contributed by atoms with Crippen LogP contribution in [-0.4, -0.2) is 55.6 Å². The lowest BCUT2D eigenvalue weighted by atomic mass is 10.2. The minimum Gasteiger partial charge on any atom is -0.492 e. The van der Waals surface area contributed by atoms with E-state index in [0.717, 1.165) is 18.8 Å². The molecule has 1 aliphatic heterocycles. The minimum absolute atomic E-state index is 0.0947. The molecular formula is C19H24N4O5. The number of H-pyrrole nitrogens is 1. The van der Waals surface area contributed by atoms with Crippen LogP contribution in [0.4, 0.5) is 11.4 Å². The number of aromatic amines is 1. The topological polar surface area (TPSA) is 106 Å². The third kappa shape index (κ3) is 4.61. The predicted octanol–water partition coefficient (Wildman–Crippen LogP) is 1.66. The third-order valence-corrected chi connectivity index (χ3v) is 4.17. The van der Waals surface area contributed by atoms with E-state index in [1.165, 1.54) is 12.1 Å². The Balaban J connectivity index is 1.94. The molecular weight excluding hydrogens is 364 g/mol. The van der Waals surface area contributed by atoms with Crippen LogP contribution in [0, 0.1) is 0 Å². The maximum atomic E-state index is 12.5. The first-order valence-corrected chi connectivity index (χ1v) is 9.25. The Morgan fingerprint density at radius 3 is 2.54 bits per heavy atom. The minimum atomic E-state index is -0.459. The molecule has 9 nitrogen and oxygen atoms in total. The Labute approximate surface area is 162 Å². The number of carbonyl (C=O) groups excluding carboxylic acids is 1. The first-order chi connectivity index (χ1) is 13.6. The monoisotopic (exact) mass is 388 g/mol. The number of ether oxygens (including phenoxy) is 3. The Kier molecular flexibility index (Phi) is 6.49. The fourth-order valence-electron chi connectivity index (χ4n) is 2.90. The molecule has 0 atom stereocenters. The van der Waals surface area contributed by atoms with Gasteiger partial charge in [0.05, 0.1) is 37.8 Å². The Morgan fingerprint density at radius 2 is 1.89 bits per heavy atom. The average molecular weight is 388 g/mol. The van der Waals surface area contributed by atoms with Gasteiger partial charge in [0.1, 0.15) is 17.2 Å². The van der Waals surface area contributed by atoms with E-state index in [-0.39, 0.29) is 11.3 Å². The average Bonchev–Trinajstić information content (AvgIpc) is 2.71. The van der Waals surface area contributed by atoms with Gasteiger partial charge in [0.25, 0.3) is 11.5 Å². The number of nitrogens with zero attached hydrogens (tertiary/aromatic N) is 2. The highest BCUT2D eigenvalue weighted by atomic mass is 16.5. The van der Waals surface area contributed by atoms with Crippen LogP contribution in [0.5, 0.6) is 11.5 Å². The summed E-state index contributed by atoms with van der Waals surface area (Å²) in [7, 11) is 0. The second kappa shape index (κ2) is 9.23. The van der Waals surface area contributed by atoms with Gasteiger partial charge in [-0.05, 0) is 19.9 Å². The Morgan fingerprint density at radius 1 is 1.18 bits per heavy atom. The summed E-state index contributed by atoms with van der Waals surface area (Å²) in [5.74, 6) is 0.724. The van der Waals surface area contributed by atoms with Crippen molar-refractivity contribution in [3.8, 4) is 11.5 Å². The van der Waals surface area contributed by atoms with E-state index >= 15 is 0 Å². The van der Waals surface area contributed by atoms with Gasteiger partial charge >= 0.3 is 0 Å². The van der Waals surface area contributed by atoms with Crippen LogP contribution >= 0.6 is 0 Å². The molecule has 2 heterocycles. The number of morpholine rings is 1. The second-order valence-electron chi connectivity index (χ2n) is 6.04. The van der Waals surface area contributed by atoms with Crippen molar-refractivity contribution >= 4 is 17.3 Å². The van der Waals surface area contributed by atoms with Gasteiger partial charge in [0, 0.05) is 31.3 Å². The van der Waals surface area contributed by atoms with Crippen LogP contribution in [0.2, 0.25) is 0 Å². The number of nitrogens with one attached hydrogen (secondary N) is 2. The van der Waals surface area contributed by atoms with E-state index in [9.17, 15) is 9.59 Å². The van der Waals surface area contributed by atoms with Crippen LogP contribution in [0.15, 0.2) is 29.1 Å². The molecule has 1 aliphatic rings. The van der Waals surface area contributed by atoms with Crippen molar-refractivity contribution in [1.82, 2.24) is 10.2 Å². The number of carbonyl (C=O) groups is 1. The summed E-state index contributed by atoms with van der Waals surface area (Å²) in [6, 6.07) is 6.23. The zero-order valence-corrected chi connectivity index (χ0v) is 16.0. The summed E-state index contributed by atoms with van der Waals surface area (Å²) in [4.78, 5) is 25.8. The van der Waals surface area contributed by atoms with Gasteiger partial charge in [-0.2, -0.15) is 5.10 Å². The zero-order chi connectivity index (χ0) is 19.9. The molecule has 1 fully saturated rings. The summed E-state index contributed by atoms with van der Waals surface area (Å²) in [5, 5.41) is 8.79. The number of hydrogen-bond donors (Lipinski definition) is 2. The van der Waals surface area contributed by atoms with Crippen LogP contribution in [0.1, 0.15) is 24.3 Å². The fraction of sp³-hybridized carbons (Fsp3) is 0.421. The summed E-state index contributed by atoms with van der Waals surface area (Å²) in [5.41, 5.74) is 1.09. The lowest BCUT2D eigenvalue weighted by molar-refractivity contribution is 0.102. The first-order valence-electron chi connectivity index (χ1n) is 9.25. The van der Waals surface area contributed by atoms with Crippen LogP contribution in [0.3, 0.4) is 0 Å². The fourth-order valence-corrected chi connectivity index (χ4v) is 2.90. The molecule has 0 saturated carbocycles. The van der Waals surface area contributed by atoms with E-state index in [1.54, 1.807) is 6.07 Å². The molecule has 1 aromatic heterocycles. The quantitative estimate of drug-likeness (QED) is 0.743. The van der Waals surface area contributed by atoms with Gasteiger partial charge in [-0.25, -0.2) is 5.10 Å². The number of hydrogen-bond acceptors (Lipinski definition) is 7. The Bertz CT molecular complexity index is 857. The number of amides is 1. The predicted molar refractivity (Wildman–Crippen MR) is 105 cm³/mol. The summed E-state index contributed by atoms with van der Waals surface area (Å²) in [6.07, 6.45) is 0. The third-order valence-electron chi connectivity index (χ3n) is 4.17. The first kappa shape index (κ1) is 19.7. The summed E-state index contributed by atoms with van der Waals surface area (Å²) < 4.78 is 17.0. The lowest BCUT2D eigenvalue weighted by Gasteiger charge is -2.31. The number of anilines is 2. The SMILES string of the molecule is CCOc1cc(N2CCOCC2)c(OCC)cc1NC(=O)c1ccc(=O)[nH]n1. The second-order valence-corrected chi connectivity index (χ2v) is 6.04. The standard InChI is InChI=1S/C19H24N4O5/c1-3-27-16-12-15(23-7-9-26-10-8-23)17(28-4-2)11-14(16)20-19(25)13-5-6-18(24)22-21-13/h5-6,11-12H,3-4,7-10H2,1-2H3,(H,20,25)(H,22,24). The number of aromatic nitrogens is 2. The molecule has 1 amide bonds. The highest BCUT2D eigenvalue weighted by Crippen LogP contribution is 2.39. The summed E-state index contributed by atoms with van der Waals surface area (Å²) >= 11 is 0. The molecule has 150 valence electrons. The molecule has 1 aromatic carbocycles. The van der Waals surface area contributed by atoms with E-state index in [1.807, 2.05) is 19.9 Å². The smallest absolute Gasteiger partial charge is 0.276 e. The molecule has 2 N–H and O–H groups in total. The van der Waals surface area contributed by atoms with Gasteiger partial charge in [0.15, 0.2) is 0 Å². The van der Waals surface area contributed by atoms with Crippen molar-refractivity contribution in [3.05, 3.63) is 40.3 Å². The number of benzene rings is 1. The van der Waals surface area contributed by atoms with Gasteiger partial charge in [-0.3, -0.25) is 9.59 Å². The molecule has 2 aromatic rings. The molecule has 0 bridgehead atoms. The number of rotatable bonds is 7. The van der Waals surface area contributed by atoms with E-state index in [0.29, 0.717) is 43.6 Å². The van der Waals surface area contributed by atoms with Crippen molar-refractivity contribution < 1.29 is 19.0 Å². The largest absolute Gasteiger partial charge is 0.492 e. The summed E-state index contributed by atoms with van der Waals surface area (Å²) in [6.45, 7) is 7.49. The van der Waals surface area contributed by atoms with Crippen molar-refractivity contribution in [3.63, 3.8) is 0 Å². The lowest BCUT2D eigenvalue weighted by Crippen LogP contribution is -2.36. The highest BCUT2D eigenvalue weighted by molar-refractivity contribution is 6.04. The maximum absolute atomic E-state index is 12.5. The van der Waals surface area contributed by atoms with Crippen molar-refractivity contribution in [2.24, 2.45) is 0 Å². The molecule has 0 radical (unpaired) electrons. The molecule has 28 heavy (non-hydrogen) atoms. The van der Waals surface area contributed by atoms with Gasteiger partial charge in [0.2, 0.25) is 0 Å². The molecule has 9 heteroatoms. The van der Waals surface area contributed by atoms with Crippen molar-refractivity contribution in [1.29, 1.82) is 0 Å². The normalized spacial score (nSPS) is 13.9. The Hall–Kier alpha value is -3.07. The zero-order valence-electron chi connectivity index (χ0n) is 16.0. The molecule has 1 saturated heterocycles. The van der Waals surface area contributed by atoms with Gasteiger partial charge in [-0.1, -0.05) is 0 Å². The molecule has 0 aliphatic carbocycles. The van der Waals surface area contributed by atoms with Gasteiger partial charge in [-0.15, -0.1) is 0 Å². The van der Waals surface area contributed by atoms with E-state index < -0.39 is 5.91 Å². The van der Waals surface area contributed by atoms with Crippen molar-refractivity contribution in [2.45, 2.75) is 13.8 Å². The molecule has 0 unspecified atom stereocenters. The van der Waals surface area contributed by atoms with Crippen molar-refractivity contribution in [2.75, 3.05) is 49.7 Å². The van der Waals surface area contributed by atoms with Crippen LogP contribution in [0.25, 0.3) is 0 Å². The van der Waals surface area contributed by atoms with E-state index in [4.69, 9.17) is 14.2 Å². The van der Waals surface area contributed by atoms with Crippen LogP contribution in [-0.2, 0) is 4.74 Å². The van der Waals surface area contributed by atoms with Gasteiger partial charge < -0.3 is 24.4 Å². The van der Waals surface area contributed by atoms with Crippen LogP contribution < -0.4 is 25.2 Å². The molecule has 3 rings (SSSR count).